The minimum absolute atomic E-state index is 0. The summed E-state index contributed by atoms with van der Waals surface area (Å²) >= 11 is 0. The average molecular weight is 641 g/mol. The molecule has 0 N–H and O–H groups in total. The van der Waals surface area contributed by atoms with E-state index in [-0.39, 0.29) is 102 Å². The number of carboxylic acid groups (broad SMARTS) is 1. The Kier molecular flexibility index (Phi) is 41.3. The van der Waals surface area contributed by atoms with Crippen LogP contribution in [0.4, 0.5) is 0 Å². The molecular weight excluding hydrogens is 593 g/mol. The second-order valence-corrected chi connectivity index (χ2v) is 12.4. The molecule has 0 bridgehead atoms. The number of aliphatic carboxylic acids is 1. The van der Waals surface area contributed by atoms with Crippen LogP contribution in [-0.2, 0) is 34.6 Å². The maximum Gasteiger partial charge on any atom is 1.00 e. The molecule has 0 aromatic rings. The van der Waals surface area contributed by atoms with Gasteiger partial charge in [-0.2, -0.15) is 0 Å². The fraction of sp³-hybridized carbons (Fsp3) is 0.920. The van der Waals surface area contributed by atoms with E-state index >= 15 is 0 Å². The summed E-state index contributed by atoms with van der Waals surface area (Å²) in [7, 11) is -8.29. The van der Waals surface area contributed by atoms with Crippen molar-refractivity contribution < 1.29 is 134 Å². The van der Waals surface area contributed by atoms with Gasteiger partial charge >= 0.3 is 94.6 Å². The molecule has 2 atom stereocenters. The Labute approximate surface area is 309 Å². The number of esters is 1. The first-order valence-corrected chi connectivity index (χ1v) is 16.4. The number of unbranched alkanes of at least 4 members (excludes halogenated alkanes) is 14. The van der Waals surface area contributed by atoms with Gasteiger partial charge < -0.3 is 23.7 Å². The average Bonchev–Trinajstić information content (AvgIpc) is 2.80. The molecule has 0 saturated heterocycles. The number of carbonyl (C=O) groups excluding carboxylic acids is 2. The molecule has 0 aliphatic rings. The molecule has 10 nitrogen and oxygen atoms in total. The van der Waals surface area contributed by atoms with E-state index in [0.717, 1.165) is 52.1 Å². The van der Waals surface area contributed by atoms with Crippen LogP contribution < -0.4 is 93.8 Å². The van der Waals surface area contributed by atoms with E-state index in [2.05, 4.69) is 18.6 Å². The Morgan fingerprint density at radius 1 is 0.575 bits per heavy atom. The molecular formula is C25H47Na3O10S2. The van der Waals surface area contributed by atoms with Gasteiger partial charge in [0.25, 0.3) is 0 Å². The molecule has 15 heteroatoms. The number of rotatable bonds is 22. The SMILES string of the molecule is CCCCCCCCCCC(C(=O)OC)S(=O)(=O)[O-].CCCCCCCCCCC(C(=O)[O-])S(=O)(=O)[O-].[Na+].[Na+].[Na+]. The van der Waals surface area contributed by atoms with Gasteiger partial charge in [0.1, 0.15) is 25.5 Å². The van der Waals surface area contributed by atoms with Crippen LogP contribution in [0.15, 0.2) is 0 Å². The molecule has 0 fully saturated rings. The van der Waals surface area contributed by atoms with Crippen LogP contribution in [0, 0.1) is 0 Å². The van der Waals surface area contributed by atoms with E-state index in [0.29, 0.717) is 12.8 Å². The summed E-state index contributed by atoms with van der Waals surface area (Å²) in [5, 5.41) is 7.06. The van der Waals surface area contributed by atoms with E-state index in [1.54, 1.807) is 0 Å². The number of methoxy groups -OCH3 is 1. The first kappa shape index (κ1) is 51.3. The third-order valence-corrected chi connectivity index (χ3v) is 8.31. The van der Waals surface area contributed by atoms with Crippen molar-refractivity contribution in [2.45, 2.75) is 140 Å². The molecule has 0 rings (SSSR count). The van der Waals surface area contributed by atoms with E-state index in [9.17, 15) is 40.6 Å². The second-order valence-electron chi connectivity index (χ2n) is 9.33. The van der Waals surface area contributed by atoms with Crippen molar-refractivity contribution in [3.8, 4) is 0 Å². The molecule has 0 spiro atoms. The van der Waals surface area contributed by atoms with E-state index in [1.807, 2.05) is 0 Å². The van der Waals surface area contributed by atoms with Crippen molar-refractivity contribution in [1.82, 2.24) is 0 Å². The van der Waals surface area contributed by atoms with Gasteiger partial charge in [0.2, 0.25) is 0 Å². The van der Waals surface area contributed by atoms with Gasteiger partial charge in [-0.15, -0.1) is 0 Å². The van der Waals surface area contributed by atoms with Crippen molar-refractivity contribution in [1.29, 1.82) is 0 Å². The van der Waals surface area contributed by atoms with Crippen LogP contribution >= 0.6 is 0 Å². The van der Waals surface area contributed by atoms with Gasteiger partial charge in [0.05, 0.1) is 18.3 Å². The molecule has 0 heterocycles. The molecule has 0 aliphatic carbocycles. The second kappa shape index (κ2) is 32.2. The van der Waals surface area contributed by atoms with Gasteiger partial charge in [-0.25, -0.2) is 16.8 Å². The molecule has 0 radical (unpaired) electrons. The number of ether oxygens (including phenoxy) is 1. The van der Waals surface area contributed by atoms with Crippen LogP contribution in [0.5, 0.6) is 0 Å². The maximum absolute atomic E-state index is 11.2. The first-order chi connectivity index (χ1) is 17.3. The van der Waals surface area contributed by atoms with Crippen molar-refractivity contribution in [2.75, 3.05) is 7.11 Å². The largest absolute Gasteiger partial charge is 1.00 e. The Morgan fingerprint density at radius 2 is 0.850 bits per heavy atom. The summed E-state index contributed by atoms with van der Waals surface area (Å²) < 4.78 is 69.0. The normalized spacial score (nSPS) is 12.3. The summed E-state index contributed by atoms with van der Waals surface area (Å²) in [5.74, 6) is -2.73. The molecule has 2 unspecified atom stereocenters. The van der Waals surface area contributed by atoms with Crippen molar-refractivity contribution in [3.05, 3.63) is 0 Å². The van der Waals surface area contributed by atoms with Crippen molar-refractivity contribution >= 4 is 32.2 Å². The molecule has 0 amide bonds. The number of carboxylic acids is 1. The molecule has 40 heavy (non-hydrogen) atoms. The summed E-state index contributed by atoms with van der Waals surface area (Å²) in [6, 6.07) is 0. The predicted octanol–water partition coefficient (Wildman–Crippen LogP) is -5.20. The first-order valence-electron chi connectivity index (χ1n) is 13.5. The fourth-order valence-corrected chi connectivity index (χ4v) is 5.30. The van der Waals surface area contributed by atoms with E-state index in [4.69, 9.17) is 0 Å². The van der Waals surface area contributed by atoms with Gasteiger partial charge in [-0.1, -0.05) is 117 Å². The van der Waals surface area contributed by atoms with Crippen LogP contribution in [0.25, 0.3) is 0 Å². The van der Waals surface area contributed by atoms with E-state index < -0.39 is 42.7 Å². The molecule has 0 saturated carbocycles. The molecule has 0 aromatic heterocycles. The van der Waals surface area contributed by atoms with Gasteiger partial charge in [-0.05, 0) is 12.8 Å². The Hall–Kier alpha value is 1.76. The van der Waals surface area contributed by atoms with Crippen LogP contribution in [0.1, 0.15) is 129 Å². The van der Waals surface area contributed by atoms with Crippen molar-refractivity contribution in [3.63, 3.8) is 0 Å². The standard InChI is InChI=1S/C13H26O5S.C12H24O5S.3Na/c1-3-4-5-6-7-8-9-10-11-12(13(14)18-2)19(15,16)17;1-2-3-4-5-6-7-8-9-10-11(12(13)14)18(15,16)17;;;/h12H,3-11H2,1-2H3,(H,15,16,17);11H,2-10H2,1H3,(H,13,14)(H,15,16,17);;;/q;;3*+1/p-3. The minimum Gasteiger partial charge on any atom is -0.747 e. The number of hydrogen-bond acceptors (Lipinski definition) is 10. The van der Waals surface area contributed by atoms with Gasteiger partial charge in [0, 0.05) is 0 Å². The third-order valence-electron chi connectivity index (χ3n) is 6.06. The Bertz CT molecular complexity index is 810. The van der Waals surface area contributed by atoms with Crippen LogP contribution in [0.2, 0.25) is 0 Å². The van der Waals surface area contributed by atoms with Crippen molar-refractivity contribution in [2.24, 2.45) is 0 Å². The molecule has 222 valence electrons. The van der Waals surface area contributed by atoms with E-state index in [1.165, 1.54) is 44.9 Å². The summed E-state index contributed by atoms with van der Waals surface area (Å²) in [4.78, 5) is 21.7. The molecule has 0 aliphatic heterocycles. The zero-order valence-corrected chi connectivity index (χ0v) is 33.4. The van der Waals surface area contributed by atoms with Crippen LogP contribution in [0.3, 0.4) is 0 Å². The van der Waals surface area contributed by atoms with Gasteiger partial charge in [0.15, 0.2) is 0 Å². The predicted molar refractivity (Wildman–Crippen MR) is 138 cm³/mol. The summed E-state index contributed by atoms with van der Waals surface area (Å²) in [6.07, 6.45) is 16.3. The summed E-state index contributed by atoms with van der Waals surface area (Å²) in [6.45, 7) is 4.31. The Balaban J connectivity index is -0.000000190. The smallest absolute Gasteiger partial charge is 0.747 e. The topological polar surface area (TPSA) is 181 Å². The zero-order valence-electron chi connectivity index (χ0n) is 25.8. The van der Waals surface area contributed by atoms with Crippen LogP contribution in [-0.4, -0.2) is 55.5 Å². The maximum atomic E-state index is 11.2. The number of hydrogen-bond donors (Lipinski definition) is 0. The summed E-state index contributed by atoms with van der Waals surface area (Å²) in [5.41, 5.74) is 0. The van der Waals surface area contributed by atoms with Gasteiger partial charge in [-0.3, -0.25) is 4.79 Å². The monoisotopic (exact) mass is 640 g/mol. The fourth-order valence-electron chi connectivity index (χ4n) is 3.82. The number of carbonyl (C=O) groups is 2. The third kappa shape index (κ3) is 31.2. The Morgan fingerprint density at radius 3 is 1.10 bits per heavy atom. The quantitative estimate of drug-likeness (QED) is 0.0480. The molecule has 0 aromatic carbocycles. The minimum atomic E-state index is -4.78. The zero-order chi connectivity index (χ0) is 28.7.